The molecule has 2 aromatic carbocycles. The molecule has 0 aromatic heterocycles. The summed E-state index contributed by atoms with van der Waals surface area (Å²) in [6, 6.07) is 11.3. The SMILES string of the molecule is Cc1ccc(N2CCC(=O)N(CCCCCN3C(=O)CCN(c4ccc(C)cc4C)C3=O)C2=O)c(C)c1. The highest BCUT2D eigenvalue weighted by Gasteiger charge is 2.34. The van der Waals surface area contributed by atoms with Gasteiger partial charge in [0.15, 0.2) is 0 Å². The number of hydrogen-bond acceptors (Lipinski definition) is 4. The molecule has 0 atom stereocenters. The summed E-state index contributed by atoms with van der Waals surface area (Å²) in [6.07, 6.45) is 2.53. The minimum Gasteiger partial charge on any atom is -0.293 e. The minimum absolute atomic E-state index is 0.156. The van der Waals surface area contributed by atoms with Crippen LogP contribution in [0.25, 0.3) is 0 Å². The van der Waals surface area contributed by atoms with Crippen LogP contribution < -0.4 is 9.80 Å². The summed E-state index contributed by atoms with van der Waals surface area (Å²) < 4.78 is 0. The number of imide groups is 2. The second-order valence-electron chi connectivity index (χ2n) is 10.1. The molecular weight excluding hydrogens is 468 g/mol. The molecule has 2 aromatic rings. The Bertz CT molecular complexity index is 1130. The summed E-state index contributed by atoms with van der Waals surface area (Å²) >= 11 is 0. The fraction of sp³-hybridized carbons (Fsp3) is 0.448. The van der Waals surface area contributed by atoms with Crippen molar-refractivity contribution in [3.05, 3.63) is 58.7 Å². The Balaban J connectivity index is 1.31. The zero-order chi connectivity index (χ0) is 26.7. The Morgan fingerprint density at radius 3 is 1.38 bits per heavy atom. The fourth-order valence-electron chi connectivity index (χ4n) is 5.20. The number of unbranched alkanes of at least 4 members (excludes halogenated alkanes) is 2. The van der Waals surface area contributed by atoms with E-state index in [0.29, 0.717) is 58.3 Å². The van der Waals surface area contributed by atoms with Gasteiger partial charge in [0.2, 0.25) is 11.8 Å². The molecule has 0 radical (unpaired) electrons. The lowest BCUT2D eigenvalue weighted by Gasteiger charge is -2.35. The monoisotopic (exact) mass is 504 g/mol. The number of rotatable bonds is 8. The topological polar surface area (TPSA) is 81.2 Å². The maximum absolute atomic E-state index is 13.1. The molecule has 37 heavy (non-hydrogen) atoms. The van der Waals surface area contributed by atoms with E-state index >= 15 is 0 Å². The van der Waals surface area contributed by atoms with Gasteiger partial charge in [0.1, 0.15) is 0 Å². The van der Waals surface area contributed by atoms with Gasteiger partial charge in [-0.15, -0.1) is 0 Å². The third-order valence-electron chi connectivity index (χ3n) is 7.17. The molecule has 196 valence electrons. The number of benzene rings is 2. The van der Waals surface area contributed by atoms with Gasteiger partial charge >= 0.3 is 12.1 Å². The fourth-order valence-corrected chi connectivity index (χ4v) is 5.20. The normalized spacial score (nSPS) is 16.8. The highest BCUT2D eigenvalue weighted by molar-refractivity contribution is 6.06. The van der Waals surface area contributed by atoms with Gasteiger partial charge in [0.25, 0.3) is 0 Å². The molecule has 0 saturated carbocycles. The van der Waals surface area contributed by atoms with Crippen molar-refractivity contribution in [3.63, 3.8) is 0 Å². The van der Waals surface area contributed by atoms with Crippen molar-refractivity contribution < 1.29 is 19.2 Å². The van der Waals surface area contributed by atoms with Crippen molar-refractivity contribution >= 4 is 35.3 Å². The second kappa shape index (κ2) is 11.2. The van der Waals surface area contributed by atoms with Gasteiger partial charge in [-0.1, -0.05) is 35.4 Å². The van der Waals surface area contributed by atoms with E-state index in [1.165, 1.54) is 9.80 Å². The lowest BCUT2D eigenvalue weighted by atomic mass is 10.1. The van der Waals surface area contributed by atoms with Crippen LogP contribution in [0.3, 0.4) is 0 Å². The molecule has 0 bridgehead atoms. The quantitative estimate of drug-likeness (QED) is 0.468. The van der Waals surface area contributed by atoms with E-state index in [0.717, 1.165) is 33.6 Å². The van der Waals surface area contributed by atoms with Crippen LogP contribution in [-0.2, 0) is 9.59 Å². The summed E-state index contributed by atoms with van der Waals surface area (Å²) in [7, 11) is 0. The first-order valence-corrected chi connectivity index (χ1v) is 13.1. The number of aryl methyl sites for hydroxylation is 4. The summed E-state index contributed by atoms with van der Waals surface area (Å²) in [6.45, 7) is 9.39. The zero-order valence-corrected chi connectivity index (χ0v) is 22.2. The van der Waals surface area contributed by atoms with Crippen LogP contribution >= 0.6 is 0 Å². The smallest absolute Gasteiger partial charge is 0.293 e. The molecule has 2 aliphatic rings. The molecular formula is C29H36N4O4. The Morgan fingerprint density at radius 2 is 1.00 bits per heavy atom. The number of carbonyl (C=O) groups excluding carboxylic acids is 4. The summed E-state index contributed by atoms with van der Waals surface area (Å²) in [5.74, 6) is -0.312. The van der Waals surface area contributed by atoms with Crippen molar-refractivity contribution in [3.8, 4) is 0 Å². The van der Waals surface area contributed by atoms with Crippen LogP contribution in [0.5, 0.6) is 0 Å². The molecule has 8 heteroatoms. The molecule has 2 aliphatic heterocycles. The molecule has 0 unspecified atom stereocenters. The average molecular weight is 505 g/mol. The highest BCUT2D eigenvalue weighted by atomic mass is 16.2. The van der Waals surface area contributed by atoms with Gasteiger partial charge in [0, 0.05) is 50.4 Å². The van der Waals surface area contributed by atoms with Crippen molar-refractivity contribution in [2.45, 2.75) is 59.8 Å². The molecule has 0 spiro atoms. The zero-order valence-electron chi connectivity index (χ0n) is 22.2. The molecule has 2 fully saturated rings. The van der Waals surface area contributed by atoms with Crippen molar-refractivity contribution in [1.82, 2.24) is 9.80 Å². The summed E-state index contributed by atoms with van der Waals surface area (Å²) in [4.78, 5) is 57.3. The van der Waals surface area contributed by atoms with Crippen LogP contribution in [0.15, 0.2) is 36.4 Å². The maximum Gasteiger partial charge on any atom is 0.331 e. The van der Waals surface area contributed by atoms with Gasteiger partial charge in [-0.25, -0.2) is 9.59 Å². The first kappa shape index (κ1) is 26.4. The molecule has 0 aliphatic carbocycles. The summed E-state index contributed by atoms with van der Waals surface area (Å²) in [5.41, 5.74) is 5.94. The van der Waals surface area contributed by atoms with E-state index < -0.39 is 0 Å². The number of hydrogen-bond donors (Lipinski definition) is 0. The van der Waals surface area contributed by atoms with Gasteiger partial charge in [0.05, 0.1) is 0 Å². The van der Waals surface area contributed by atoms with Gasteiger partial charge in [-0.2, -0.15) is 0 Å². The molecule has 4 rings (SSSR count). The minimum atomic E-state index is -0.284. The summed E-state index contributed by atoms with van der Waals surface area (Å²) in [5, 5.41) is 0. The van der Waals surface area contributed by atoms with E-state index in [-0.39, 0.29) is 23.9 Å². The number of carbonyl (C=O) groups is 4. The lowest BCUT2D eigenvalue weighted by molar-refractivity contribution is -0.129. The Morgan fingerprint density at radius 1 is 0.595 bits per heavy atom. The first-order valence-electron chi connectivity index (χ1n) is 13.1. The van der Waals surface area contributed by atoms with Gasteiger partial charge < -0.3 is 0 Å². The van der Waals surface area contributed by atoms with Gasteiger partial charge in [-0.3, -0.25) is 29.2 Å². The number of nitrogens with zero attached hydrogens (tertiary/aromatic N) is 4. The van der Waals surface area contributed by atoms with Crippen LogP contribution in [0.1, 0.15) is 54.4 Å². The van der Waals surface area contributed by atoms with E-state index in [2.05, 4.69) is 0 Å². The number of anilines is 2. The Hall–Kier alpha value is -3.68. The van der Waals surface area contributed by atoms with E-state index in [4.69, 9.17) is 0 Å². The first-order chi connectivity index (χ1) is 17.7. The van der Waals surface area contributed by atoms with Crippen molar-refractivity contribution in [1.29, 1.82) is 0 Å². The third kappa shape index (κ3) is 5.68. The number of amides is 6. The van der Waals surface area contributed by atoms with Crippen LogP contribution in [0, 0.1) is 27.7 Å². The highest BCUT2D eigenvalue weighted by Crippen LogP contribution is 2.27. The molecule has 0 N–H and O–H groups in total. The Kier molecular flexibility index (Phi) is 7.95. The maximum atomic E-state index is 13.1. The molecule has 2 saturated heterocycles. The predicted molar refractivity (Wildman–Crippen MR) is 144 cm³/mol. The van der Waals surface area contributed by atoms with Crippen molar-refractivity contribution in [2.24, 2.45) is 0 Å². The predicted octanol–water partition coefficient (Wildman–Crippen LogP) is 5.11. The standard InChI is InChI=1S/C29H36N4O4/c1-20-8-10-24(22(3)18-20)30-16-12-26(34)32(28(30)36)14-6-5-7-15-33-27(35)13-17-31(29(33)37)25-11-9-21(2)19-23(25)4/h8-11,18-19H,5-7,12-17H2,1-4H3. The van der Waals surface area contributed by atoms with Crippen LogP contribution in [0.4, 0.5) is 21.0 Å². The van der Waals surface area contributed by atoms with Crippen LogP contribution in [-0.4, -0.2) is 59.9 Å². The molecule has 2 heterocycles. The molecule has 6 amide bonds. The van der Waals surface area contributed by atoms with Crippen LogP contribution in [0.2, 0.25) is 0 Å². The van der Waals surface area contributed by atoms with Gasteiger partial charge in [-0.05, 0) is 70.2 Å². The number of urea groups is 2. The largest absolute Gasteiger partial charge is 0.331 e. The van der Waals surface area contributed by atoms with E-state index in [1.807, 2.05) is 64.1 Å². The van der Waals surface area contributed by atoms with Crippen molar-refractivity contribution in [2.75, 3.05) is 36.0 Å². The average Bonchev–Trinajstić information content (AvgIpc) is 2.84. The van der Waals surface area contributed by atoms with E-state index in [1.54, 1.807) is 9.80 Å². The molecule has 8 nitrogen and oxygen atoms in total. The Labute approximate surface area is 218 Å². The lowest BCUT2D eigenvalue weighted by Crippen LogP contribution is -2.53. The third-order valence-corrected chi connectivity index (χ3v) is 7.17. The second-order valence-corrected chi connectivity index (χ2v) is 10.1. The van der Waals surface area contributed by atoms with E-state index in [9.17, 15) is 19.2 Å².